The fourth-order valence-corrected chi connectivity index (χ4v) is 1.72. The fourth-order valence-electron chi connectivity index (χ4n) is 1.72. The molecule has 1 saturated carbocycles. The van der Waals surface area contributed by atoms with Gasteiger partial charge >= 0.3 is 0 Å². The van der Waals surface area contributed by atoms with E-state index in [1.807, 2.05) is 30.3 Å². The molecular weight excluding hydrogens is 228 g/mol. The second-order valence-electron chi connectivity index (χ2n) is 4.75. The zero-order chi connectivity index (χ0) is 13.0. The first-order chi connectivity index (χ1) is 8.65. The Morgan fingerprint density at radius 2 is 1.94 bits per heavy atom. The van der Waals surface area contributed by atoms with Crippen LogP contribution >= 0.6 is 0 Å². The summed E-state index contributed by atoms with van der Waals surface area (Å²) >= 11 is 0. The summed E-state index contributed by atoms with van der Waals surface area (Å²) in [6.07, 6.45) is 2.03. The van der Waals surface area contributed by atoms with Crippen molar-refractivity contribution in [3.05, 3.63) is 35.9 Å². The van der Waals surface area contributed by atoms with E-state index in [4.69, 9.17) is 0 Å². The number of carbonyl (C=O) groups is 2. The third-order valence-electron chi connectivity index (χ3n) is 2.94. The number of rotatable bonds is 5. The summed E-state index contributed by atoms with van der Waals surface area (Å²) in [5, 5.41) is 2.82. The SMILES string of the molecule is CN(Cc1ccccc1)C(=O)CC(=O)NC1CC1. The lowest BCUT2D eigenvalue weighted by molar-refractivity contribution is -0.135. The van der Waals surface area contributed by atoms with Crippen molar-refractivity contribution >= 4 is 11.8 Å². The standard InChI is InChI=1S/C14H18N2O2/c1-16(10-11-5-3-2-4-6-11)14(18)9-13(17)15-12-7-8-12/h2-6,12H,7-10H2,1H3,(H,15,17). The first-order valence-electron chi connectivity index (χ1n) is 6.22. The molecule has 0 aliphatic heterocycles. The van der Waals surface area contributed by atoms with Crippen molar-refractivity contribution < 1.29 is 9.59 Å². The predicted octanol–water partition coefficient (Wildman–Crippen LogP) is 1.31. The summed E-state index contributed by atoms with van der Waals surface area (Å²) < 4.78 is 0. The molecule has 0 radical (unpaired) electrons. The average molecular weight is 246 g/mol. The van der Waals surface area contributed by atoms with Gasteiger partial charge in [0, 0.05) is 19.6 Å². The summed E-state index contributed by atoms with van der Waals surface area (Å²) in [6.45, 7) is 0.538. The van der Waals surface area contributed by atoms with Gasteiger partial charge in [-0.1, -0.05) is 30.3 Å². The van der Waals surface area contributed by atoms with Crippen molar-refractivity contribution in [2.75, 3.05) is 7.05 Å². The Hall–Kier alpha value is -1.84. The molecule has 0 bridgehead atoms. The molecule has 1 aliphatic carbocycles. The van der Waals surface area contributed by atoms with Crippen molar-refractivity contribution in [3.63, 3.8) is 0 Å². The molecule has 1 aromatic carbocycles. The molecule has 4 nitrogen and oxygen atoms in total. The van der Waals surface area contributed by atoms with Crippen LogP contribution in [0.2, 0.25) is 0 Å². The Morgan fingerprint density at radius 3 is 2.56 bits per heavy atom. The van der Waals surface area contributed by atoms with E-state index in [1.165, 1.54) is 0 Å². The zero-order valence-corrected chi connectivity index (χ0v) is 10.6. The highest BCUT2D eigenvalue weighted by Crippen LogP contribution is 2.18. The summed E-state index contributed by atoms with van der Waals surface area (Å²) in [6, 6.07) is 10.1. The molecule has 0 spiro atoms. The van der Waals surface area contributed by atoms with Gasteiger partial charge in [0.25, 0.3) is 0 Å². The molecule has 0 atom stereocenters. The maximum Gasteiger partial charge on any atom is 0.232 e. The minimum Gasteiger partial charge on any atom is -0.353 e. The molecule has 0 saturated heterocycles. The highest BCUT2D eigenvalue weighted by molar-refractivity contribution is 5.96. The number of carbonyl (C=O) groups excluding carboxylic acids is 2. The lowest BCUT2D eigenvalue weighted by Crippen LogP contribution is -2.33. The Labute approximate surface area is 107 Å². The lowest BCUT2D eigenvalue weighted by atomic mass is 10.2. The molecule has 0 aromatic heterocycles. The van der Waals surface area contributed by atoms with Crippen LogP contribution in [-0.4, -0.2) is 29.8 Å². The van der Waals surface area contributed by atoms with Crippen LogP contribution in [0.5, 0.6) is 0 Å². The smallest absolute Gasteiger partial charge is 0.232 e. The van der Waals surface area contributed by atoms with Crippen LogP contribution in [0.4, 0.5) is 0 Å². The van der Waals surface area contributed by atoms with Gasteiger partial charge in [-0.3, -0.25) is 9.59 Å². The van der Waals surface area contributed by atoms with Crippen molar-refractivity contribution in [3.8, 4) is 0 Å². The van der Waals surface area contributed by atoms with E-state index in [2.05, 4.69) is 5.32 Å². The molecule has 0 unspecified atom stereocenters. The van der Waals surface area contributed by atoms with Gasteiger partial charge in [0.1, 0.15) is 6.42 Å². The number of amides is 2. The molecule has 1 N–H and O–H groups in total. The summed E-state index contributed by atoms with van der Waals surface area (Å²) in [4.78, 5) is 24.9. The summed E-state index contributed by atoms with van der Waals surface area (Å²) in [5.74, 6) is -0.306. The van der Waals surface area contributed by atoms with Gasteiger partial charge in [0.2, 0.25) is 11.8 Å². The number of benzene rings is 1. The van der Waals surface area contributed by atoms with Crippen LogP contribution in [0.15, 0.2) is 30.3 Å². The largest absolute Gasteiger partial charge is 0.353 e. The molecular formula is C14H18N2O2. The maximum absolute atomic E-state index is 11.8. The van der Waals surface area contributed by atoms with Crippen molar-refractivity contribution in [2.24, 2.45) is 0 Å². The zero-order valence-electron chi connectivity index (χ0n) is 10.6. The second-order valence-corrected chi connectivity index (χ2v) is 4.75. The van der Waals surface area contributed by atoms with Crippen molar-refractivity contribution in [2.45, 2.75) is 31.8 Å². The number of nitrogens with zero attached hydrogens (tertiary/aromatic N) is 1. The van der Waals surface area contributed by atoms with E-state index < -0.39 is 0 Å². The Kier molecular flexibility index (Phi) is 3.97. The lowest BCUT2D eigenvalue weighted by Gasteiger charge is -2.17. The highest BCUT2D eigenvalue weighted by Gasteiger charge is 2.24. The number of hydrogen-bond acceptors (Lipinski definition) is 2. The minimum atomic E-state index is -0.164. The van der Waals surface area contributed by atoms with E-state index in [0.717, 1.165) is 18.4 Å². The molecule has 1 aliphatic rings. The van der Waals surface area contributed by atoms with Gasteiger partial charge in [-0.25, -0.2) is 0 Å². The Balaban J connectivity index is 1.78. The monoisotopic (exact) mass is 246 g/mol. The summed E-state index contributed by atoms with van der Waals surface area (Å²) in [5.41, 5.74) is 1.07. The molecule has 4 heteroatoms. The van der Waals surface area contributed by atoms with Gasteiger partial charge in [-0.05, 0) is 18.4 Å². The average Bonchev–Trinajstić information content (AvgIpc) is 3.14. The third kappa shape index (κ3) is 3.87. The predicted molar refractivity (Wildman–Crippen MR) is 68.7 cm³/mol. The van der Waals surface area contributed by atoms with E-state index in [9.17, 15) is 9.59 Å². The molecule has 2 rings (SSSR count). The van der Waals surface area contributed by atoms with Crippen LogP contribution in [-0.2, 0) is 16.1 Å². The summed E-state index contributed by atoms with van der Waals surface area (Å²) in [7, 11) is 1.72. The molecule has 1 fully saturated rings. The number of hydrogen-bond donors (Lipinski definition) is 1. The van der Waals surface area contributed by atoms with E-state index in [1.54, 1.807) is 11.9 Å². The van der Waals surface area contributed by atoms with Crippen LogP contribution in [0.1, 0.15) is 24.8 Å². The van der Waals surface area contributed by atoms with Crippen LogP contribution in [0, 0.1) is 0 Å². The Bertz CT molecular complexity index is 427. The first-order valence-corrected chi connectivity index (χ1v) is 6.22. The minimum absolute atomic E-state index is 0.0557. The van der Waals surface area contributed by atoms with Crippen LogP contribution in [0.3, 0.4) is 0 Å². The number of nitrogens with one attached hydrogen (secondary N) is 1. The van der Waals surface area contributed by atoms with Crippen molar-refractivity contribution in [1.82, 2.24) is 10.2 Å². The Morgan fingerprint density at radius 1 is 1.28 bits per heavy atom. The van der Waals surface area contributed by atoms with Crippen LogP contribution < -0.4 is 5.32 Å². The maximum atomic E-state index is 11.8. The second kappa shape index (κ2) is 5.67. The van der Waals surface area contributed by atoms with Crippen LogP contribution in [0.25, 0.3) is 0 Å². The molecule has 96 valence electrons. The van der Waals surface area contributed by atoms with E-state index in [0.29, 0.717) is 12.6 Å². The highest BCUT2D eigenvalue weighted by atomic mass is 16.2. The fraction of sp³-hybridized carbons (Fsp3) is 0.429. The van der Waals surface area contributed by atoms with E-state index >= 15 is 0 Å². The van der Waals surface area contributed by atoms with Crippen molar-refractivity contribution in [1.29, 1.82) is 0 Å². The first kappa shape index (κ1) is 12.6. The third-order valence-corrected chi connectivity index (χ3v) is 2.94. The van der Waals surface area contributed by atoms with Gasteiger partial charge < -0.3 is 10.2 Å². The molecule has 18 heavy (non-hydrogen) atoms. The molecule has 1 aromatic rings. The normalized spacial score (nSPS) is 14.1. The van der Waals surface area contributed by atoms with Gasteiger partial charge in [0.05, 0.1) is 0 Å². The van der Waals surface area contributed by atoms with Gasteiger partial charge in [-0.15, -0.1) is 0 Å². The molecule has 0 heterocycles. The van der Waals surface area contributed by atoms with Gasteiger partial charge in [-0.2, -0.15) is 0 Å². The topological polar surface area (TPSA) is 49.4 Å². The van der Waals surface area contributed by atoms with E-state index in [-0.39, 0.29) is 18.2 Å². The van der Waals surface area contributed by atoms with Gasteiger partial charge in [0.15, 0.2) is 0 Å². The quantitative estimate of drug-likeness (QED) is 0.796. The molecule has 2 amide bonds.